The molecular weight excluding hydrogens is 204 g/mol. The van der Waals surface area contributed by atoms with Gasteiger partial charge in [-0.25, -0.2) is 8.78 Å². The quantitative estimate of drug-likeness (QED) is 0.712. The van der Waals surface area contributed by atoms with Crippen molar-refractivity contribution >= 4 is 0 Å². The molecule has 1 saturated heterocycles. The van der Waals surface area contributed by atoms with Crippen molar-refractivity contribution in [1.29, 1.82) is 5.26 Å². The summed E-state index contributed by atoms with van der Waals surface area (Å²) in [4.78, 5) is 0. The number of hydrogen-bond donors (Lipinski definition) is 0. The Hall–Kier alpha value is -1.51. The second-order valence-corrected chi connectivity index (χ2v) is 3.01. The van der Waals surface area contributed by atoms with E-state index in [1.165, 1.54) is 12.1 Å². The fraction of sp³-hybridized carbons (Fsp3) is 0.300. The minimum Gasteiger partial charge on any atom is -0.346 e. The molecular formula is C10H7F2NO2. The molecule has 78 valence electrons. The second kappa shape index (κ2) is 3.93. The van der Waals surface area contributed by atoms with Crippen LogP contribution in [-0.4, -0.2) is 13.2 Å². The fourth-order valence-corrected chi connectivity index (χ4v) is 1.39. The van der Waals surface area contributed by atoms with Crippen LogP contribution in [-0.2, 0) is 9.47 Å². The maximum absolute atomic E-state index is 13.6. The molecule has 0 N–H and O–H groups in total. The van der Waals surface area contributed by atoms with Crippen molar-refractivity contribution in [2.75, 3.05) is 13.2 Å². The molecule has 1 fully saturated rings. The van der Waals surface area contributed by atoms with Gasteiger partial charge in [-0.3, -0.25) is 0 Å². The maximum atomic E-state index is 13.6. The molecule has 1 aliphatic heterocycles. The number of ether oxygens (including phenoxy) is 2. The van der Waals surface area contributed by atoms with Crippen LogP contribution in [0.4, 0.5) is 8.78 Å². The lowest BCUT2D eigenvalue weighted by molar-refractivity contribution is -0.0465. The van der Waals surface area contributed by atoms with Crippen LogP contribution in [0, 0.1) is 23.0 Å². The highest BCUT2D eigenvalue weighted by Gasteiger charge is 2.24. The number of rotatable bonds is 1. The molecule has 0 aromatic heterocycles. The zero-order valence-electron chi connectivity index (χ0n) is 7.67. The highest BCUT2D eigenvalue weighted by molar-refractivity contribution is 5.37. The van der Waals surface area contributed by atoms with Crippen LogP contribution in [0.1, 0.15) is 17.4 Å². The lowest BCUT2D eigenvalue weighted by Crippen LogP contribution is -2.04. The Kier molecular flexibility index (Phi) is 2.62. The van der Waals surface area contributed by atoms with Crippen LogP contribution in [0.15, 0.2) is 12.1 Å². The van der Waals surface area contributed by atoms with E-state index in [-0.39, 0.29) is 5.56 Å². The van der Waals surface area contributed by atoms with E-state index in [0.29, 0.717) is 13.2 Å². The first-order chi connectivity index (χ1) is 7.24. The van der Waals surface area contributed by atoms with Crippen molar-refractivity contribution in [2.45, 2.75) is 6.29 Å². The summed E-state index contributed by atoms with van der Waals surface area (Å²) in [5.74, 6) is -1.79. The van der Waals surface area contributed by atoms with Gasteiger partial charge in [-0.2, -0.15) is 5.26 Å². The van der Waals surface area contributed by atoms with Gasteiger partial charge in [0.15, 0.2) is 12.1 Å². The molecule has 3 nitrogen and oxygen atoms in total. The first-order valence-corrected chi connectivity index (χ1v) is 4.35. The van der Waals surface area contributed by atoms with E-state index in [4.69, 9.17) is 14.7 Å². The normalized spacial score (nSPS) is 16.6. The predicted molar refractivity (Wildman–Crippen MR) is 45.7 cm³/mol. The van der Waals surface area contributed by atoms with Gasteiger partial charge in [0.25, 0.3) is 0 Å². The van der Waals surface area contributed by atoms with E-state index in [0.717, 1.165) is 6.07 Å². The summed E-state index contributed by atoms with van der Waals surface area (Å²) in [6.07, 6.45) is -0.835. The van der Waals surface area contributed by atoms with Crippen LogP contribution < -0.4 is 0 Å². The Morgan fingerprint density at radius 1 is 1.27 bits per heavy atom. The molecule has 1 aromatic carbocycles. The zero-order chi connectivity index (χ0) is 10.8. The molecule has 1 heterocycles. The standard InChI is InChI=1S/C10H7F2NO2/c11-8-2-1-6(9(12)7(8)5-13)10-14-3-4-15-10/h1-2,10H,3-4H2. The summed E-state index contributed by atoms with van der Waals surface area (Å²) in [5, 5.41) is 8.55. The Balaban J connectivity index is 2.45. The van der Waals surface area contributed by atoms with E-state index in [1.54, 1.807) is 0 Å². The van der Waals surface area contributed by atoms with Gasteiger partial charge in [0, 0.05) is 5.56 Å². The van der Waals surface area contributed by atoms with E-state index in [1.807, 2.05) is 0 Å². The molecule has 5 heteroatoms. The predicted octanol–water partition coefficient (Wildman–Crippen LogP) is 1.88. The Bertz CT molecular complexity index is 422. The molecule has 2 rings (SSSR count). The summed E-state index contributed by atoms with van der Waals surface area (Å²) in [5.41, 5.74) is -0.544. The van der Waals surface area contributed by atoms with E-state index in [9.17, 15) is 8.78 Å². The monoisotopic (exact) mass is 211 g/mol. The Morgan fingerprint density at radius 3 is 2.53 bits per heavy atom. The van der Waals surface area contributed by atoms with Gasteiger partial charge < -0.3 is 9.47 Å². The smallest absolute Gasteiger partial charge is 0.186 e. The molecule has 1 aliphatic rings. The third-order valence-electron chi connectivity index (χ3n) is 2.11. The largest absolute Gasteiger partial charge is 0.346 e. The molecule has 0 aliphatic carbocycles. The van der Waals surface area contributed by atoms with Crippen LogP contribution in [0.25, 0.3) is 0 Å². The average Bonchev–Trinajstić information content (AvgIpc) is 2.71. The SMILES string of the molecule is N#Cc1c(F)ccc(C2OCCO2)c1F. The molecule has 0 saturated carbocycles. The van der Waals surface area contributed by atoms with E-state index >= 15 is 0 Å². The van der Waals surface area contributed by atoms with E-state index in [2.05, 4.69) is 0 Å². The number of benzene rings is 1. The maximum Gasteiger partial charge on any atom is 0.186 e. The van der Waals surface area contributed by atoms with Gasteiger partial charge in [-0.1, -0.05) is 0 Å². The molecule has 1 aromatic rings. The first-order valence-electron chi connectivity index (χ1n) is 4.35. The molecule has 15 heavy (non-hydrogen) atoms. The van der Waals surface area contributed by atoms with Crippen LogP contribution >= 0.6 is 0 Å². The highest BCUT2D eigenvalue weighted by Crippen LogP contribution is 2.27. The Morgan fingerprint density at radius 2 is 1.93 bits per heavy atom. The van der Waals surface area contributed by atoms with Crippen molar-refractivity contribution in [1.82, 2.24) is 0 Å². The fourth-order valence-electron chi connectivity index (χ4n) is 1.39. The molecule has 0 radical (unpaired) electrons. The molecule has 0 spiro atoms. The topological polar surface area (TPSA) is 42.2 Å². The van der Waals surface area contributed by atoms with Gasteiger partial charge in [-0.05, 0) is 12.1 Å². The van der Waals surface area contributed by atoms with Gasteiger partial charge in [0.05, 0.1) is 13.2 Å². The van der Waals surface area contributed by atoms with Crippen molar-refractivity contribution in [3.8, 4) is 6.07 Å². The number of halogens is 2. The second-order valence-electron chi connectivity index (χ2n) is 3.01. The third-order valence-corrected chi connectivity index (χ3v) is 2.11. The van der Waals surface area contributed by atoms with E-state index < -0.39 is 23.5 Å². The van der Waals surface area contributed by atoms with Crippen LogP contribution in [0.2, 0.25) is 0 Å². The van der Waals surface area contributed by atoms with Crippen molar-refractivity contribution in [3.05, 3.63) is 34.9 Å². The third kappa shape index (κ3) is 1.69. The minimum absolute atomic E-state index is 0.0606. The summed E-state index contributed by atoms with van der Waals surface area (Å²) >= 11 is 0. The average molecular weight is 211 g/mol. The van der Waals surface area contributed by atoms with Gasteiger partial charge in [0.1, 0.15) is 17.4 Å². The number of hydrogen-bond acceptors (Lipinski definition) is 3. The van der Waals surface area contributed by atoms with Crippen LogP contribution in [0.5, 0.6) is 0 Å². The van der Waals surface area contributed by atoms with Crippen molar-refractivity contribution in [2.24, 2.45) is 0 Å². The summed E-state index contributed by atoms with van der Waals surface area (Å²) < 4.78 is 36.7. The molecule has 0 bridgehead atoms. The number of nitriles is 1. The summed E-state index contributed by atoms with van der Waals surface area (Å²) in [6, 6.07) is 3.72. The molecule has 0 unspecified atom stereocenters. The Labute approximate surface area is 84.8 Å². The first kappa shape index (κ1) is 10.0. The van der Waals surface area contributed by atoms with Gasteiger partial charge in [-0.15, -0.1) is 0 Å². The minimum atomic E-state index is -0.913. The van der Waals surface area contributed by atoms with Gasteiger partial charge >= 0.3 is 0 Å². The van der Waals surface area contributed by atoms with Crippen molar-refractivity contribution < 1.29 is 18.3 Å². The van der Waals surface area contributed by atoms with Gasteiger partial charge in [0.2, 0.25) is 0 Å². The lowest BCUT2D eigenvalue weighted by Gasteiger charge is -2.10. The zero-order valence-corrected chi connectivity index (χ0v) is 7.67. The molecule has 0 atom stereocenters. The molecule has 0 amide bonds. The lowest BCUT2D eigenvalue weighted by atomic mass is 10.1. The summed E-state index contributed by atoms with van der Waals surface area (Å²) in [7, 11) is 0. The highest BCUT2D eigenvalue weighted by atomic mass is 19.1. The number of nitrogens with zero attached hydrogens (tertiary/aromatic N) is 1. The van der Waals surface area contributed by atoms with Crippen molar-refractivity contribution in [3.63, 3.8) is 0 Å². The summed E-state index contributed by atoms with van der Waals surface area (Å²) in [6.45, 7) is 0.729. The van der Waals surface area contributed by atoms with Crippen LogP contribution in [0.3, 0.4) is 0 Å².